The van der Waals surface area contributed by atoms with Crippen molar-refractivity contribution in [2.45, 2.75) is 18.4 Å². The first-order valence-electron chi connectivity index (χ1n) is 8.01. The predicted octanol–water partition coefficient (Wildman–Crippen LogP) is 4.63. The fourth-order valence-corrected chi connectivity index (χ4v) is 4.34. The quantitative estimate of drug-likeness (QED) is 0.760. The molecule has 124 valence electrons. The van der Waals surface area contributed by atoms with E-state index in [0.717, 1.165) is 35.1 Å². The van der Waals surface area contributed by atoms with Gasteiger partial charge in [-0.2, -0.15) is 5.26 Å². The van der Waals surface area contributed by atoms with Crippen LogP contribution in [0.4, 0.5) is 0 Å². The van der Waals surface area contributed by atoms with Gasteiger partial charge in [0.2, 0.25) is 0 Å². The number of nitrogens with one attached hydrogen (secondary N) is 1. The highest BCUT2D eigenvalue weighted by atomic mass is 35.5. The van der Waals surface area contributed by atoms with Crippen molar-refractivity contribution < 1.29 is 0 Å². The van der Waals surface area contributed by atoms with Crippen LogP contribution in [0.3, 0.4) is 0 Å². The van der Waals surface area contributed by atoms with Crippen LogP contribution in [0.2, 0.25) is 10.0 Å². The lowest BCUT2D eigenvalue weighted by Crippen LogP contribution is -2.52. The maximum atomic E-state index is 9.74. The van der Waals surface area contributed by atoms with Crippen molar-refractivity contribution in [3.8, 4) is 6.07 Å². The van der Waals surface area contributed by atoms with Crippen LogP contribution in [0, 0.1) is 11.3 Å². The normalized spacial score (nSPS) is 24.3. The van der Waals surface area contributed by atoms with Gasteiger partial charge in [0.05, 0.1) is 5.57 Å². The Labute approximate surface area is 156 Å². The maximum absolute atomic E-state index is 9.74. The van der Waals surface area contributed by atoms with Crippen molar-refractivity contribution in [2.75, 3.05) is 0 Å². The van der Waals surface area contributed by atoms with Crippen molar-refractivity contribution >= 4 is 28.8 Å². The third-order valence-electron chi connectivity index (χ3n) is 4.89. The first kappa shape index (κ1) is 16.1. The number of nitrogens with two attached hydrogens (primary N) is 1. The van der Waals surface area contributed by atoms with Gasteiger partial charge in [0.25, 0.3) is 0 Å². The Hall–Kier alpha value is -2.41. The van der Waals surface area contributed by atoms with E-state index in [-0.39, 0.29) is 0 Å². The Morgan fingerprint density at radius 3 is 2.84 bits per heavy atom. The number of nitriles is 1. The van der Waals surface area contributed by atoms with Crippen molar-refractivity contribution in [3.63, 3.8) is 0 Å². The summed E-state index contributed by atoms with van der Waals surface area (Å²) in [7, 11) is 0. The number of hydrogen-bond acceptors (Lipinski definition) is 3. The van der Waals surface area contributed by atoms with Gasteiger partial charge in [0.15, 0.2) is 0 Å². The summed E-state index contributed by atoms with van der Waals surface area (Å²) in [6.07, 6.45) is 12.1. The molecule has 3 aliphatic rings. The number of dihydropyridines is 1. The maximum Gasteiger partial charge on any atom is 0.116 e. The van der Waals surface area contributed by atoms with Gasteiger partial charge in [-0.3, -0.25) is 0 Å². The molecule has 0 saturated heterocycles. The van der Waals surface area contributed by atoms with Gasteiger partial charge in [0.1, 0.15) is 17.4 Å². The Kier molecular flexibility index (Phi) is 3.76. The van der Waals surface area contributed by atoms with Crippen molar-refractivity contribution in [1.82, 2.24) is 5.32 Å². The highest BCUT2D eigenvalue weighted by Crippen LogP contribution is 2.48. The van der Waals surface area contributed by atoms with Crippen LogP contribution in [-0.2, 0) is 0 Å². The molecule has 0 fully saturated rings. The fourth-order valence-electron chi connectivity index (χ4n) is 3.84. The number of benzene rings is 1. The zero-order chi connectivity index (χ0) is 17.6. The van der Waals surface area contributed by atoms with Crippen molar-refractivity contribution in [3.05, 3.63) is 86.7 Å². The monoisotopic (exact) mass is 367 g/mol. The molecule has 0 saturated carbocycles. The number of hydrogen-bond donors (Lipinski definition) is 2. The Balaban J connectivity index is 2.05. The van der Waals surface area contributed by atoms with E-state index in [4.69, 9.17) is 28.9 Å². The van der Waals surface area contributed by atoms with Crippen LogP contribution < -0.4 is 11.1 Å². The number of halogens is 2. The average molecular weight is 368 g/mol. The molecule has 4 rings (SSSR count). The first-order valence-corrected chi connectivity index (χ1v) is 8.76. The smallest absolute Gasteiger partial charge is 0.116 e. The van der Waals surface area contributed by atoms with E-state index in [0.29, 0.717) is 21.4 Å². The van der Waals surface area contributed by atoms with Gasteiger partial charge < -0.3 is 11.1 Å². The lowest BCUT2D eigenvalue weighted by molar-refractivity contribution is 0.541. The third-order valence-corrected chi connectivity index (χ3v) is 5.44. The molecule has 1 unspecified atom stereocenters. The van der Waals surface area contributed by atoms with E-state index in [1.165, 1.54) is 0 Å². The second-order valence-electron chi connectivity index (χ2n) is 6.23. The van der Waals surface area contributed by atoms with E-state index in [1.807, 2.05) is 18.2 Å². The molecule has 1 aliphatic heterocycles. The van der Waals surface area contributed by atoms with E-state index in [2.05, 4.69) is 29.6 Å². The fraction of sp³-hybridized carbons (Fsp3) is 0.150. The van der Waals surface area contributed by atoms with E-state index >= 15 is 0 Å². The summed E-state index contributed by atoms with van der Waals surface area (Å²) in [6, 6.07) is 7.59. The van der Waals surface area contributed by atoms with E-state index in [1.54, 1.807) is 12.1 Å². The summed E-state index contributed by atoms with van der Waals surface area (Å²) in [5, 5.41) is 14.2. The molecular weight excluding hydrogens is 353 g/mol. The summed E-state index contributed by atoms with van der Waals surface area (Å²) in [4.78, 5) is 0. The van der Waals surface area contributed by atoms with Crippen LogP contribution in [0.5, 0.6) is 0 Å². The Morgan fingerprint density at radius 1 is 1.24 bits per heavy atom. The Bertz CT molecular complexity index is 973. The summed E-state index contributed by atoms with van der Waals surface area (Å²) in [5.41, 5.74) is 10.0. The van der Waals surface area contributed by atoms with E-state index < -0.39 is 5.54 Å². The Morgan fingerprint density at radius 2 is 2.08 bits per heavy atom. The highest BCUT2D eigenvalue weighted by molar-refractivity contribution is 6.36. The van der Waals surface area contributed by atoms with Crippen LogP contribution in [-0.4, -0.2) is 5.54 Å². The van der Waals surface area contributed by atoms with Gasteiger partial charge in [0, 0.05) is 21.2 Å². The first-order chi connectivity index (χ1) is 12.1. The van der Waals surface area contributed by atoms with Crippen molar-refractivity contribution in [2.24, 2.45) is 5.73 Å². The van der Waals surface area contributed by atoms with Crippen LogP contribution >= 0.6 is 23.2 Å². The van der Waals surface area contributed by atoms with Crippen LogP contribution in [0.25, 0.3) is 5.57 Å². The molecule has 0 amide bonds. The standard InChI is InChI=1S/C20H15Cl2N3/c21-13-7-8-14(17(22)10-13)18-15(11-23)19(24)25-20-9-2-1-4-12(20)5-3-6-16(18)20/h1-2,4-5,7-10,25H,3,6,24H2. The van der Waals surface area contributed by atoms with Gasteiger partial charge in [-0.25, -0.2) is 0 Å². The molecule has 3 N–H and O–H groups in total. The molecule has 1 spiro atoms. The van der Waals surface area contributed by atoms with Crippen molar-refractivity contribution in [1.29, 1.82) is 5.26 Å². The van der Waals surface area contributed by atoms with E-state index in [9.17, 15) is 5.26 Å². The number of nitrogens with zero attached hydrogens (tertiary/aromatic N) is 1. The average Bonchev–Trinajstić information content (AvgIpc) is 2.59. The second-order valence-corrected chi connectivity index (χ2v) is 7.07. The molecule has 5 heteroatoms. The summed E-state index contributed by atoms with van der Waals surface area (Å²) >= 11 is 12.5. The third kappa shape index (κ3) is 2.33. The minimum Gasteiger partial charge on any atom is -0.384 e. The SMILES string of the molecule is N#CC1=C(N)NC23C=CC=CC2=CCCC3=C1c1ccc(Cl)cc1Cl. The topological polar surface area (TPSA) is 61.8 Å². The summed E-state index contributed by atoms with van der Waals surface area (Å²) < 4.78 is 0. The minimum atomic E-state index is -0.518. The lowest BCUT2D eigenvalue weighted by atomic mass is 9.68. The largest absolute Gasteiger partial charge is 0.384 e. The zero-order valence-corrected chi connectivity index (χ0v) is 14.8. The molecule has 25 heavy (non-hydrogen) atoms. The van der Waals surface area contributed by atoms with Gasteiger partial charge in [-0.05, 0) is 36.1 Å². The summed E-state index contributed by atoms with van der Waals surface area (Å²) in [5.74, 6) is 0.361. The molecule has 1 heterocycles. The molecule has 0 radical (unpaired) electrons. The van der Waals surface area contributed by atoms with Gasteiger partial charge in [-0.1, -0.05) is 59.6 Å². The molecule has 2 aliphatic carbocycles. The molecule has 1 aromatic carbocycles. The molecular formula is C20H15Cl2N3. The number of rotatable bonds is 1. The van der Waals surface area contributed by atoms with Crippen LogP contribution in [0.15, 0.2) is 71.1 Å². The van der Waals surface area contributed by atoms with Gasteiger partial charge >= 0.3 is 0 Å². The summed E-state index contributed by atoms with van der Waals surface area (Å²) in [6.45, 7) is 0. The molecule has 1 aromatic rings. The molecule has 0 aromatic heterocycles. The highest BCUT2D eigenvalue weighted by Gasteiger charge is 2.43. The lowest BCUT2D eigenvalue weighted by Gasteiger charge is -2.45. The second kappa shape index (κ2) is 5.84. The molecule has 1 atom stereocenters. The van der Waals surface area contributed by atoms with Gasteiger partial charge in [-0.15, -0.1) is 0 Å². The molecule has 0 bridgehead atoms. The molecule has 3 nitrogen and oxygen atoms in total. The minimum absolute atomic E-state index is 0.361. The number of allylic oxidation sites excluding steroid dienone is 5. The predicted molar refractivity (Wildman–Crippen MR) is 102 cm³/mol. The van der Waals surface area contributed by atoms with Crippen LogP contribution in [0.1, 0.15) is 18.4 Å². The zero-order valence-electron chi connectivity index (χ0n) is 13.3.